The summed E-state index contributed by atoms with van der Waals surface area (Å²) in [7, 11) is 0. The fourth-order valence-corrected chi connectivity index (χ4v) is 1.80. The van der Waals surface area contributed by atoms with Gasteiger partial charge in [0.2, 0.25) is 0 Å². The van der Waals surface area contributed by atoms with Crippen molar-refractivity contribution in [3.63, 3.8) is 0 Å². The molecule has 1 aromatic carbocycles. The maximum absolute atomic E-state index is 5.84. The van der Waals surface area contributed by atoms with Crippen molar-refractivity contribution in [1.29, 1.82) is 0 Å². The molecule has 0 aliphatic rings. The molecular formula is C13H14BrN3. The van der Waals surface area contributed by atoms with Crippen LogP contribution in [0.5, 0.6) is 0 Å². The fraction of sp³-hybridized carbons (Fsp3) is 0.154. The fourth-order valence-electron chi connectivity index (χ4n) is 1.43. The Morgan fingerprint density at radius 3 is 2.59 bits per heavy atom. The zero-order valence-corrected chi connectivity index (χ0v) is 11.4. The normalized spacial score (nSPS) is 10.3. The molecule has 0 spiro atoms. The number of nitrogen functional groups attached to an aromatic ring is 1. The van der Waals surface area contributed by atoms with E-state index in [1.54, 1.807) is 6.20 Å². The van der Waals surface area contributed by atoms with Crippen molar-refractivity contribution in [2.24, 2.45) is 0 Å². The Bertz CT molecular complexity index is 503. The summed E-state index contributed by atoms with van der Waals surface area (Å²) in [6.07, 6.45) is 1.76. The van der Waals surface area contributed by atoms with Gasteiger partial charge in [0.1, 0.15) is 5.82 Å². The first-order valence-corrected chi connectivity index (χ1v) is 6.11. The highest BCUT2D eigenvalue weighted by molar-refractivity contribution is 9.10. The van der Waals surface area contributed by atoms with Gasteiger partial charge in [-0.3, -0.25) is 0 Å². The molecule has 0 fully saturated rings. The van der Waals surface area contributed by atoms with Crippen molar-refractivity contribution < 1.29 is 0 Å². The van der Waals surface area contributed by atoms with Gasteiger partial charge in [0.15, 0.2) is 0 Å². The molecule has 0 unspecified atom stereocenters. The zero-order valence-electron chi connectivity index (χ0n) is 9.79. The highest BCUT2D eigenvalue weighted by Gasteiger charge is 2.01. The Balaban J connectivity index is 2.25. The topological polar surface area (TPSA) is 50.9 Å². The predicted octanol–water partition coefficient (Wildman–Crippen LogP) is 3.79. The minimum atomic E-state index is 0.744. The van der Waals surface area contributed by atoms with E-state index in [1.807, 2.05) is 31.2 Å². The largest absolute Gasteiger partial charge is 0.398 e. The van der Waals surface area contributed by atoms with E-state index in [-0.39, 0.29) is 0 Å². The molecule has 0 atom stereocenters. The van der Waals surface area contributed by atoms with Gasteiger partial charge in [0.25, 0.3) is 0 Å². The number of rotatable bonds is 2. The monoisotopic (exact) mass is 291 g/mol. The van der Waals surface area contributed by atoms with Crippen LogP contribution >= 0.6 is 15.9 Å². The highest BCUT2D eigenvalue weighted by Crippen LogP contribution is 2.23. The first kappa shape index (κ1) is 11.9. The van der Waals surface area contributed by atoms with Gasteiger partial charge in [0.05, 0.1) is 0 Å². The molecule has 88 valence electrons. The number of aryl methyl sites for hydroxylation is 2. The summed E-state index contributed by atoms with van der Waals surface area (Å²) in [6.45, 7) is 3.99. The molecule has 0 saturated heterocycles. The molecule has 1 heterocycles. The Labute approximate surface area is 109 Å². The minimum Gasteiger partial charge on any atom is -0.398 e. The van der Waals surface area contributed by atoms with Crippen molar-refractivity contribution in [3.05, 3.63) is 46.1 Å². The number of nitrogens with zero attached hydrogens (tertiary/aromatic N) is 1. The SMILES string of the molecule is Cc1cnc(Nc2ccc(C)c(Br)c2)cc1N. The Kier molecular flexibility index (Phi) is 3.33. The lowest BCUT2D eigenvalue weighted by molar-refractivity contribution is 1.26. The molecule has 2 rings (SSSR count). The van der Waals surface area contributed by atoms with Crippen molar-refractivity contribution in [2.45, 2.75) is 13.8 Å². The van der Waals surface area contributed by atoms with Gasteiger partial charge in [-0.1, -0.05) is 22.0 Å². The molecule has 1 aromatic heterocycles. The third-order valence-corrected chi connectivity index (χ3v) is 3.44. The number of anilines is 3. The van der Waals surface area contributed by atoms with E-state index in [0.29, 0.717) is 0 Å². The van der Waals surface area contributed by atoms with Gasteiger partial charge >= 0.3 is 0 Å². The Morgan fingerprint density at radius 2 is 1.94 bits per heavy atom. The summed E-state index contributed by atoms with van der Waals surface area (Å²) in [5.74, 6) is 0.754. The highest BCUT2D eigenvalue weighted by atomic mass is 79.9. The quantitative estimate of drug-likeness (QED) is 0.885. The number of nitrogens with one attached hydrogen (secondary N) is 1. The molecule has 2 aromatic rings. The van der Waals surface area contributed by atoms with Gasteiger partial charge in [-0.05, 0) is 37.1 Å². The van der Waals surface area contributed by atoms with E-state index in [1.165, 1.54) is 5.56 Å². The molecule has 4 heteroatoms. The summed E-state index contributed by atoms with van der Waals surface area (Å²) in [5, 5.41) is 3.22. The lowest BCUT2D eigenvalue weighted by Crippen LogP contribution is -1.97. The summed E-state index contributed by atoms with van der Waals surface area (Å²) in [6, 6.07) is 7.91. The summed E-state index contributed by atoms with van der Waals surface area (Å²) in [5.41, 5.74) is 9.76. The van der Waals surface area contributed by atoms with Crippen LogP contribution in [0.25, 0.3) is 0 Å². The number of benzene rings is 1. The minimum absolute atomic E-state index is 0.744. The maximum Gasteiger partial charge on any atom is 0.132 e. The summed E-state index contributed by atoms with van der Waals surface area (Å²) >= 11 is 3.50. The van der Waals surface area contributed by atoms with Crippen LogP contribution in [0, 0.1) is 13.8 Å². The van der Waals surface area contributed by atoms with Crippen LogP contribution < -0.4 is 11.1 Å². The predicted molar refractivity (Wildman–Crippen MR) is 75.5 cm³/mol. The number of hydrogen-bond donors (Lipinski definition) is 2. The smallest absolute Gasteiger partial charge is 0.132 e. The second kappa shape index (κ2) is 4.75. The van der Waals surface area contributed by atoms with E-state index < -0.39 is 0 Å². The van der Waals surface area contributed by atoms with Crippen molar-refractivity contribution in [1.82, 2.24) is 4.98 Å². The van der Waals surface area contributed by atoms with Crippen molar-refractivity contribution >= 4 is 33.1 Å². The number of nitrogens with two attached hydrogens (primary N) is 1. The number of halogens is 1. The van der Waals surface area contributed by atoms with Crippen LogP contribution in [0.3, 0.4) is 0 Å². The van der Waals surface area contributed by atoms with Gasteiger partial charge in [0, 0.05) is 28.1 Å². The molecule has 17 heavy (non-hydrogen) atoms. The van der Waals surface area contributed by atoms with Gasteiger partial charge in [-0.2, -0.15) is 0 Å². The third kappa shape index (κ3) is 2.77. The Hall–Kier alpha value is -1.55. The van der Waals surface area contributed by atoms with E-state index in [4.69, 9.17) is 5.73 Å². The van der Waals surface area contributed by atoms with Crippen molar-refractivity contribution in [3.8, 4) is 0 Å². The second-order valence-electron chi connectivity index (χ2n) is 4.02. The molecular weight excluding hydrogens is 278 g/mol. The zero-order chi connectivity index (χ0) is 12.4. The van der Waals surface area contributed by atoms with E-state index >= 15 is 0 Å². The molecule has 0 saturated carbocycles. The van der Waals surface area contributed by atoms with Crippen LogP contribution in [0.2, 0.25) is 0 Å². The maximum atomic E-state index is 5.84. The van der Waals surface area contributed by atoms with Gasteiger partial charge < -0.3 is 11.1 Å². The molecule has 0 aliphatic heterocycles. The van der Waals surface area contributed by atoms with Crippen LogP contribution in [0.1, 0.15) is 11.1 Å². The summed E-state index contributed by atoms with van der Waals surface area (Å²) < 4.78 is 1.07. The molecule has 0 aliphatic carbocycles. The number of pyridine rings is 1. The standard InChI is InChI=1S/C13H14BrN3/c1-8-3-4-10(5-11(8)14)17-13-6-12(15)9(2)7-16-13/h3-7H,1-2H3,(H3,15,16,17). The summed E-state index contributed by atoms with van der Waals surface area (Å²) in [4.78, 5) is 4.28. The molecule has 3 nitrogen and oxygen atoms in total. The van der Waals surface area contributed by atoms with Crippen LogP contribution in [-0.4, -0.2) is 4.98 Å². The number of aromatic nitrogens is 1. The average molecular weight is 292 g/mol. The lowest BCUT2D eigenvalue weighted by Gasteiger charge is -2.08. The first-order chi connectivity index (χ1) is 8.06. The molecule has 0 bridgehead atoms. The second-order valence-corrected chi connectivity index (χ2v) is 4.87. The molecule has 0 radical (unpaired) electrons. The number of hydrogen-bond acceptors (Lipinski definition) is 3. The van der Waals surface area contributed by atoms with Crippen LogP contribution in [-0.2, 0) is 0 Å². The van der Waals surface area contributed by atoms with Gasteiger partial charge in [-0.25, -0.2) is 4.98 Å². The van der Waals surface area contributed by atoms with E-state index in [2.05, 4.69) is 33.2 Å². The van der Waals surface area contributed by atoms with E-state index in [9.17, 15) is 0 Å². The van der Waals surface area contributed by atoms with E-state index in [0.717, 1.165) is 27.2 Å². The molecule has 3 N–H and O–H groups in total. The van der Waals surface area contributed by atoms with Crippen LogP contribution in [0.4, 0.5) is 17.2 Å². The molecule has 0 amide bonds. The average Bonchev–Trinajstić information content (AvgIpc) is 2.29. The third-order valence-electron chi connectivity index (χ3n) is 2.59. The Morgan fingerprint density at radius 1 is 1.18 bits per heavy atom. The van der Waals surface area contributed by atoms with Crippen LogP contribution in [0.15, 0.2) is 34.9 Å². The van der Waals surface area contributed by atoms with Crippen molar-refractivity contribution in [2.75, 3.05) is 11.1 Å². The first-order valence-electron chi connectivity index (χ1n) is 5.31. The lowest BCUT2D eigenvalue weighted by atomic mass is 10.2. The van der Waals surface area contributed by atoms with Gasteiger partial charge in [-0.15, -0.1) is 0 Å².